The fourth-order valence-corrected chi connectivity index (χ4v) is 2.49. The molecule has 0 atom stereocenters. The van der Waals surface area contributed by atoms with E-state index in [1.165, 1.54) is 0 Å². The molecule has 0 amide bonds. The van der Waals surface area contributed by atoms with Gasteiger partial charge in [-0.1, -0.05) is 35.9 Å². The van der Waals surface area contributed by atoms with Gasteiger partial charge in [0.1, 0.15) is 0 Å². The minimum Gasteiger partial charge on any atom is -0.360 e. The molecule has 94 valence electrons. The van der Waals surface area contributed by atoms with E-state index in [2.05, 4.69) is 4.98 Å². The van der Waals surface area contributed by atoms with Crippen LogP contribution in [0.1, 0.15) is 27.0 Å². The van der Waals surface area contributed by atoms with Gasteiger partial charge in [0.25, 0.3) is 0 Å². The van der Waals surface area contributed by atoms with Crippen molar-refractivity contribution in [1.29, 1.82) is 0 Å². The molecule has 1 heterocycles. The van der Waals surface area contributed by atoms with Gasteiger partial charge in [-0.25, -0.2) is 0 Å². The van der Waals surface area contributed by atoms with Crippen molar-refractivity contribution in [3.8, 4) is 0 Å². The molecule has 0 radical (unpaired) electrons. The van der Waals surface area contributed by atoms with Gasteiger partial charge in [0.2, 0.25) is 0 Å². The smallest absolute Gasteiger partial charge is 0.195 e. The van der Waals surface area contributed by atoms with Gasteiger partial charge in [-0.3, -0.25) is 4.79 Å². The predicted molar refractivity (Wildman–Crippen MR) is 77.6 cm³/mol. The minimum atomic E-state index is 0.0734. The Balaban J connectivity index is 2.17. The Morgan fingerprint density at radius 2 is 1.84 bits per heavy atom. The monoisotopic (exact) mass is 249 g/mol. The van der Waals surface area contributed by atoms with Gasteiger partial charge in [-0.15, -0.1) is 0 Å². The Morgan fingerprint density at radius 3 is 2.63 bits per heavy atom. The predicted octanol–water partition coefficient (Wildman–Crippen LogP) is 4.02. The fourth-order valence-electron chi connectivity index (χ4n) is 2.49. The molecule has 2 nitrogen and oxygen atoms in total. The molecule has 2 aromatic carbocycles. The summed E-state index contributed by atoms with van der Waals surface area (Å²) >= 11 is 0. The van der Waals surface area contributed by atoms with Crippen molar-refractivity contribution in [3.63, 3.8) is 0 Å². The Kier molecular flexibility index (Phi) is 2.71. The molecule has 3 rings (SSSR count). The van der Waals surface area contributed by atoms with Crippen LogP contribution in [0.15, 0.2) is 48.7 Å². The number of ketones is 1. The van der Waals surface area contributed by atoms with Crippen molar-refractivity contribution in [2.24, 2.45) is 0 Å². The summed E-state index contributed by atoms with van der Waals surface area (Å²) in [7, 11) is 0. The van der Waals surface area contributed by atoms with Gasteiger partial charge in [0, 0.05) is 28.2 Å². The van der Waals surface area contributed by atoms with Crippen molar-refractivity contribution in [1.82, 2.24) is 4.98 Å². The van der Waals surface area contributed by atoms with Crippen molar-refractivity contribution < 1.29 is 4.79 Å². The Hall–Kier alpha value is -2.35. The van der Waals surface area contributed by atoms with Gasteiger partial charge in [0.15, 0.2) is 5.78 Å². The summed E-state index contributed by atoms with van der Waals surface area (Å²) in [6, 6.07) is 13.7. The van der Waals surface area contributed by atoms with E-state index < -0.39 is 0 Å². The van der Waals surface area contributed by atoms with Crippen LogP contribution in [0.2, 0.25) is 0 Å². The van der Waals surface area contributed by atoms with Gasteiger partial charge >= 0.3 is 0 Å². The average molecular weight is 249 g/mol. The number of aromatic amines is 1. The highest BCUT2D eigenvalue weighted by atomic mass is 16.1. The lowest BCUT2D eigenvalue weighted by molar-refractivity contribution is 0.104. The lowest BCUT2D eigenvalue weighted by Crippen LogP contribution is -2.01. The molecular weight excluding hydrogens is 234 g/mol. The Labute approximate surface area is 112 Å². The first-order valence-electron chi connectivity index (χ1n) is 6.35. The summed E-state index contributed by atoms with van der Waals surface area (Å²) in [4.78, 5) is 15.8. The zero-order valence-corrected chi connectivity index (χ0v) is 11.0. The van der Waals surface area contributed by atoms with Crippen LogP contribution in [0.25, 0.3) is 10.9 Å². The summed E-state index contributed by atoms with van der Waals surface area (Å²) < 4.78 is 0. The summed E-state index contributed by atoms with van der Waals surface area (Å²) in [5.74, 6) is 0.0734. The van der Waals surface area contributed by atoms with Crippen LogP contribution in [0.4, 0.5) is 0 Å². The van der Waals surface area contributed by atoms with Gasteiger partial charge in [-0.05, 0) is 31.5 Å². The molecule has 0 saturated carbocycles. The lowest BCUT2D eigenvalue weighted by atomic mass is 9.99. The van der Waals surface area contributed by atoms with Gasteiger partial charge < -0.3 is 4.98 Å². The SMILES string of the molecule is Cc1cccc(C(=O)c2c[nH]c3cccc(C)c23)c1. The molecule has 0 aliphatic carbocycles. The lowest BCUT2D eigenvalue weighted by Gasteiger charge is -2.03. The van der Waals surface area contributed by atoms with Crippen LogP contribution >= 0.6 is 0 Å². The number of hydrogen-bond donors (Lipinski definition) is 1. The second-order valence-corrected chi connectivity index (χ2v) is 4.90. The Morgan fingerprint density at radius 1 is 1.05 bits per heavy atom. The average Bonchev–Trinajstić information content (AvgIpc) is 2.83. The maximum atomic E-state index is 12.6. The molecule has 0 aliphatic rings. The van der Waals surface area contributed by atoms with E-state index >= 15 is 0 Å². The van der Waals surface area contributed by atoms with E-state index in [9.17, 15) is 4.79 Å². The second kappa shape index (κ2) is 4.39. The molecule has 1 aromatic heterocycles. The molecule has 3 aromatic rings. The molecule has 0 bridgehead atoms. The van der Waals surface area contributed by atoms with Gasteiger partial charge in [0.05, 0.1) is 0 Å². The highest BCUT2D eigenvalue weighted by Gasteiger charge is 2.15. The molecule has 1 N–H and O–H groups in total. The number of carbonyl (C=O) groups excluding carboxylic acids is 1. The Bertz CT molecular complexity index is 768. The number of carbonyl (C=O) groups is 1. The summed E-state index contributed by atoms with van der Waals surface area (Å²) in [5, 5.41) is 1.02. The number of benzene rings is 2. The molecule has 0 saturated heterocycles. The van der Waals surface area contributed by atoms with Crippen molar-refractivity contribution in [2.75, 3.05) is 0 Å². The third-order valence-corrected chi connectivity index (χ3v) is 3.44. The number of hydrogen-bond acceptors (Lipinski definition) is 1. The summed E-state index contributed by atoms with van der Waals surface area (Å²) in [6.45, 7) is 4.03. The first-order chi connectivity index (χ1) is 9.16. The zero-order chi connectivity index (χ0) is 13.4. The zero-order valence-electron chi connectivity index (χ0n) is 11.0. The molecule has 0 spiro atoms. The number of fused-ring (bicyclic) bond motifs is 1. The molecule has 0 aliphatic heterocycles. The number of nitrogens with one attached hydrogen (secondary N) is 1. The van der Waals surface area contributed by atoms with Crippen LogP contribution in [-0.4, -0.2) is 10.8 Å². The van der Waals surface area contributed by atoms with E-state index in [1.54, 1.807) is 0 Å². The summed E-state index contributed by atoms with van der Waals surface area (Å²) in [5.41, 5.74) is 4.72. The van der Waals surface area contributed by atoms with E-state index in [-0.39, 0.29) is 5.78 Å². The molecule has 2 heteroatoms. The topological polar surface area (TPSA) is 32.9 Å². The van der Waals surface area contributed by atoms with Crippen molar-refractivity contribution in [3.05, 3.63) is 70.9 Å². The van der Waals surface area contributed by atoms with Gasteiger partial charge in [-0.2, -0.15) is 0 Å². The number of H-pyrrole nitrogens is 1. The largest absolute Gasteiger partial charge is 0.360 e. The number of aryl methyl sites for hydroxylation is 2. The van der Waals surface area contributed by atoms with E-state index in [0.29, 0.717) is 0 Å². The second-order valence-electron chi connectivity index (χ2n) is 4.90. The van der Waals surface area contributed by atoms with Crippen molar-refractivity contribution >= 4 is 16.7 Å². The van der Waals surface area contributed by atoms with Crippen molar-refractivity contribution in [2.45, 2.75) is 13.8 Å². The molecule has 0 unspecified atom stereocenters. The van der Waals surface area contributed by atoms with Crippen LogP contribution in [0, 0.1) is 13.8 Å². The highest BCUT2D eigenvalue weighted by Crippen LogP contribution is 2.24. The normalized spacial score (nSPS) is 10.8. The third kappa shape index (κ3) is 1.95. The van der Waals surface area contributed by atoms with E-state index in [4.69, 9.17) is 0 Å². The highest BCUT2D eigenvalue weighted by molar-refractivity contribution is 6.17. The van der Waals surface area contributed by atoms with E-state index in [1.807, 2.05) is 62.5 Å². The maximum absolute atomic E-state index is 12.6. The fraction of sp³-hybridized carbons (Fsp3) is 0.118. The number of rotatable bonds is 2. The number of aromatic nitrogens is 1. The molecule has 0 fully saturated rings. The van der Waals surface area contributed by atoms with Crippen LogP contribution in [0.3, 0.4) is 0 Å². The van der Waals surface area contributed by atoms with Crippen LogP contribution in [-0.2, 0) is 0 Å². The van der Waals surface area contributed by atoms with Crippen LogP contribution in [0.5, 0.6) is 0 Å². The minimum absolute atomic E-state index is 0.0734. The summed E-state index contributed by atoms with van der Waals surface area (Å²) in [6.07, 6.45) is 1.81. The van der Waals surface area contributed by atoms with E-state index in [0.717, 1.165) is 33.2 Å². The molecule has 19 heavy (non-hydrogen) atoms. The standard InChI is InChI=1S/C17H15NO/c1-11-5-3-7-13(9-11)17(19)14-10-18-15-8-4-6-12(2)16(14)15/h3-10,18H,1-2H3. The molecular formula is C17H15NO. The third-order valence-electron chi connectivity index (χ3n) is 3.44. The van der Waals surface area contributed by atoms with Crippen LogP contribution < -0.4 is 0 Å². The maximum Gasteiger partial charge on any atom is 0.195 e. The first kappa shape index (κ1) is 11.7. The first-order valence-corrected chi connectivity index (χ1v) is 6.35. The quantitative estimate of drug-likeness (QED) is 0.684.